The maximum Gasteiger partial charge on any atom is 0.314 e. The van der Waals surface area contributed by atoms with Gasteiger partial charge < -0.3 is 20.4 Å². The van der Waals surface area contributed by atoms with Gasteiger partial charge in [0.15, 0.2) is 0 Å². The molecule has 0 aromatic carbocycles. The average Bonchev–Trinajstić information content (AvgIpc) is 3.61. The molecule has 210 valence electrons. The molecule has 3 N–H and O–H groups in total. The number of rotatable bonds is 9. The van der Waals surface area contributed by atoms with Crippen molar-refractivity contribution in [3.8, 4) is 0 Å². The number of halogens is 1. The number of carbonyl (C=O) groups is 3. The Hall–Kier alpha value is -2.19. The van der Waals surface area contributed by atoms with Crippen molar-refractivity contribution in [2.45, 2.75) is 50.2 Å². The predicted molar refractivity (Wildman–Crippen MR) is 147 cm³/mol. The Balaban J connectivity index is 1.30. The number of amides is 4. The van der Waals surface area contributed by atoms with Gasteiger partial charge in [0.05, 0.1) is 10.9 Å². The molecular formula is C24H35ClN6O5S2. The highest BCUT2D eigenvalue weighted by atomic mass is 35.5. The first-order chi connectivity index (χ1) is 18.0. The average molecular weight is 587 g/mol. The van der Waals surface area contributed by atoms with E-state index in [9.17, 15) is 22.8 Å². The quantitative estimate of drug-likeness (QED) is 0.448. The second kappa shape index (κ2) is 12.3. The Labute approximate surface area is 232 Å². The summed E-state index contributed by atoms with van der Waals surface area (Å²) in [4.78, 5) is 45.6. The van der Waals surface area contributed by atoms with Crippen LogP contribution >= 0.6 is 22.9 Å². The van der Waals surface area contributed by atoms with E-state index in [1.165, 1.54) is 22.3 Å². The third kappa shape index (κ3) is 7.26. The third-order valence-electron chi connectivity index (χ3n) is 7.48. The van der Waals surface area contributed by atoms with Crippen LogP contribution in [-0.2, 0) is 19.6 Å². The van der Waals surface area contributed by atoms with Crippen molar-refractivity contribution in [1.29, 1.82) is 0 Å². The van der Waals surface area contributed by atoms with Gasteiger partial charge in [0.2, 0.25) is 21.8 Å². The first kappa shape index (κ1) is 28.8. The smallest absolute Gasteiger partial charge is 0.314 e. The minimum Gasteiger partial charge on any atom is -0.351 e. The van der Waals surface area contributed by atoms with Gasteiger partial charge in [-0.1, -0.05) is 11.6 Å². The van der Waals surface area contributed by atoms with Crippen molar-refractivity contribution in [2.24, 2.45) is 5.73 Å². The molecule has 0 radical (unpaired) electrons. The molecule has 0 aliphatic carbocycles. The van der Waals surface area contributed by atoms with Crippen molar-refractivity contribution in [2.75, 3.05) is 46.3 Å². The number of primary amides is 1. The first-order valence-electron chi connectivity index (χ1n) is 12.8. The second-order valence-electron chi connectivity index (χ2n) is 10.1. The molecule has 1 aromatic rings. The fraction of sp³-hybridized carbons (Fsp3) is 0.625. The third-order valence-corrected chi connectivity index (χ3v) is 9.78. The lowest BCUT2D eigenvalue weighted by Gasteiger charge is -2.34. The number of hydrogen-bond donors (Lipinski definition) is 2. The molecule has 3 unspecified atom stereocenters. The molecule has 3 atom stereocenters. The van der Waals surface area contributed by atoms with E-state index in [1.807, 2.05) is 4.90 Å². The lowest BCUT2D eigenvalue weighted by atomic mass is 10.1. The lowest BCUT2D eigenvalue weighted by molar-refractivity contribution is -0.143. The Morgan fingerprint density at radius 2 is 1.97 bits per heavy atom. The molecule has 4 amide bonds. The van der Waals surface area contributed by atoms with Gasteiger partial charge in [0.25, 0.3) is 0 Å². The zero-order chi connectivity index (χ0) is 27.4. The second-order valence-corrected chi connectivity index (χ2v) is 13.4. The highest BCUT2D eigenvalue weighted by molar-refractivity contribution is 7.92. The number of likely N-dealkylation sites (tertiary alicyclic amines) is 3. The maximum atomic E-state index is 13.2. The van der Waals surface area contributed by atoms with Crippen LogP contribution in [-0.4, -0.2) is 110 Å². The lowest BCUT2D eigenvalue weighted by Crippen LogP contribution is -2.55. The summed E-state index contributed by atoms with van der Waals surface area (Å²) in [5.41, 5.74) is 5.41. The molecule has 4 heterocycles. The molecule has 0 saturated carbocycles. The van der Waals surface area contributed by atoms with E-state index in [4.69, 9.17) is 17.3 Å². The van der Waals surface area contributed by atoms with Crippen LogP contribution in [0.15, 0.2) is 17.5 Å². The SMILES string of the molecule is CN(C(N)=O)C1CCN(CC2CCCN2C(=O)CN2CCCC(NS(=O)(=O)/C=C/c3ccc(Cl)s3)C2=O)C1. The zero-order valence-corrected chi connectivity index (χ0v) is 23.8. The minimum atomic E-state index is -3.86. The van der Waals surface area contributed by atoms with Crippen molar-refractivity contribution in [3.63, 3.8) is 0 Å². The molecule has 3 fully saturated rings. The predicted octanol–water partition coefficient (Wildman–Crippen LogP) is 1.36. The van der Waals surface area contributed by atoms with Crippen LogP contribution in [0.1, 0.15) is 37.0 Å². The van der Waals surface area contributed by atoms with E-state index in [1.54, 1.807) is 24.1 Å². The normalized spacial score (nSPS) is 25.0. The summed E-state index contributed by atoms with van der Waals surface area (Å²) < 4.78 is 28.2. The molecule has 3 aliphatic rings. The van der Waals surface area contributed by atoms with E-state index in [0.29, 0.717) is 41.7 Å². The molecular weight excluding hydrogens is 552 g/mol. The summed E-state index contributed by atoms with van der Waals surface area (Å²) in [5, 5.41) is 1.03. The summed E-state index contributed by atoms with van der Waals surface area (Å²) in [6, 6.07) is 2.17. The van der Waals surface area contributed by atoms with Crippen molar-refractivity contribution < 1.29 is 22.8 Å². The number of nitrogens with zero attached hydrogens (tertiary/aromatic N) is 4. The molecule has 11 nitrogen and oxygen atoms in total. The number of urea groups is 1. The summed E-state index contributed by atoms with van der Waals surface area (Å²) in [6.07, 6.45) is 5.04. The number of nitrogens with two attached hydrogens (primary N) is 1. The fourth-order valence-electron chi connectivity index (χ4n) is 5.40. The standard InChI is InChI=1S/C24H35ClN6O5S2/c1-28(24(26)34)17-8-12-29(14-17)15-18-4-2-11-31(18)22(32)16-30-10-3-5-20(23(30)33)27-38(35,36)13-9-19-6-7-21(25)37-19/h6-7,9,13,17-18,20,27H,2-5,8,10-12,14-16H2,1H3,(H2,26,34)/b13-9+. The summed E-state index contributed by atoms with van der Waals surface area (Å²) in [6.45, 7) is 3.26. The Kier molecular flexibility index (Phi) is 9.35. The van der Waals surface area contributed by atoms with Crippen molar-refractivity contribution in [1.82, 2.24) is 24.3 Å². The largest absolute Gasteiger partial charge is 0.351 e. The fourth-order valence-corrected chi connectivity index (χ4v) is 7.47. The number of likely N-dealkylation sites (N-methyl/N-ethyl adjacent to an activating group) is 1. The number of thiophene rings is 1. The molecule has 0 bridgehead atoms. The van der Waals surface area contributed by atoms with Gasteiger partial charge in [-0.3, -0.25) is 14.5 Å². The topological polar surface area (TPSA) is 136 Å². The van der Waals surface area contributed by atoms with E-state index in [2.05, 4.69) is 9.62 Å². The Morgan fingerprint density at radius 1 is 1.21 bits per heavy atom. The van der Waals surface area contributed by atoms with Gasteiger partial charge in [-0.25, -0.2) is 13.2 Å². The number of hydrogen-bond acceptors (Lipinski definition) is 7. The van der Waals surface area contributed by atoms with E-state index in [-0.39, 0.29) is 30.4 Å². The van der Waals surface area contributed by atoms with Crippen LogP contribution < -0.4 is 10.5 Å². The van der Waals surface area contributed by atoms with Crippen LogP contribution in [0.3, 0.4) is 0 Å². The number of piperidine rings is 1. The van der Waals surface area contributed by atoms with E-state index in [0.717, 1.165) is 37.8 Å². The van der Waals surface area contributed by atoms with Gasteiger partial charge in [-0.05, 0) is 50.3 Å². The summed E-state index contributed by atoms with van der Waals surface area (Å²) >= 11 is 7.14. The number of nitrogens with one attached hydrogen (secondary N) is 1. The highest BCUT2D eigenvalue weighted by Crippen LogP contribution is 2.24. The van der Waals surface area contributed by atoms with Crippen LogP contribution in [0.25, 0.3) is 6.08 Å². The molecule has 3 saturated heterocycles. The molecule has 38 heavy (non-hydrogen) atoms. The Morgan fingerprint density at radius 3 is 2.68 bits per heavy atom. The van der Waals surface area contributed by atoms with Crippen LogP contribution in [0, 0.1) is 0 Å². The van der Waals surface area contributed by atoms with Crippen molar-refractivity contribution in [3.05, 3.63) is 26.8 Å². The maximum absolute atomic E-state index is 13.2. The monoisotopic (exact) mass is 586 g/mol. The highest BCUT2D eigenvalue weighted by Gasteiger charge is 2.37. The minimum absolute atomic E-state index is 0.0465. The van der Waals surface area contributed by atoms with Crippen LogP contribution in [0.4, 0.5) is 4.79 Å². The molecule has 1 aromatic heterocycles. The zero-order valence-electron chi connectivity index (χ0n) is 21.4. The van der Waals surface area contributed by atoms with Gasteiger partial charge in [0.1, 0.15) is 6.04 Å². The van der Waals surface area contributed by atoms with Crippen LogP contribution in [0.2, 0.25) is 4.34 Å². The number of sulfonamides is 1. The van der Waals surface area contributed by atoms with Gasteiger partial charge in [0, 0.05) is 62.1 Å². The van der Waals surface area contributed by atoms with Crippen molar-refractivity contribution >= 4 is 56.9 Å². The van der Waals surface area contributed by atoms with Crippen LogP contribution in [0.5, 0.6) is 0 Å². The Bertz CT molecular complexity index is 1170. The van der Waals surface area contributed by atoms with E-state index < -0.39 is 22.1 Å². The molecule has 3 aliphatic heterocycles. The van der Waals surface area contributed by atoms with E-state index >= 15 is 0 Å². The van der Waals surface area contributed by atoms with Gasteiger partial charge >= 0.3 is 6.03 Å². The molecule has 0 spiro atoms. The summed E-state index contributed by atoms with van der Waals surface area (Å²) in [7, 11) is -2.15. The summed E-state index contributed by atoms with van der Waals surface area (Å²) in [5.74, 6) is -0.503. The molecule has 4 rings (SSSR count). The number of carbonyl (C=O) groups excluding carboxylic acids is 3. The van der Waals surface area contributed by atoms with Gasteiger partial charge in [-0.15, -0.1) is 11.3 Å². The van der Waals surface area contributed by atoms with Gasteiger partial charge in [-0.2, -0.15) is 4.72 Å². The molecule has 14 heteroatoms. The first-order valence-corrected chi connectivity index (χ1v) is 15.5.